The molecule has 0 aromatic carbocycles. The van der Waals surface area contributed by atoms with Gasteiger partial charge in [0.05, 0.1) is 39.1 Å². The minimum Gasteiger partial charge on any atom is -0.448 e. The molecule has 0 aromatic heterocycles. The van der Waals surface area contributed by atoms with Crippen LogP contribution in [-0.4, -0.2) is 56.4 Å². The molecule has 136 valence electrons. The Kier molecular flexibility index (Phi) is 11.5. The maximum atomic E-state index is 12.3. The van der Waals surface area contributed by atoms with Crippen molar-refractivity contribution in [3.8, 4) is 0 Å². The number of carbonyl (C=O) groups is 2. The Morgan fingerprint density at radius 1 is 0.913 bits per heavy atom. The van der Waals surface area contributed by atoms with Gasteiger partial charge in [0.25, 0.3) is 0 Å². The largest absolute Gasteiger partial charge is 0.533 e. The van der Waals surface area contributed by atoms with Crippen LogP contribution in [0, 0.1) is 0 Å². The molecule has 0 heterocycles. The van der Waals surface area contributed by atoms with E-state index in [4.69, 9.17) is 18.6 Å². The third-order valence-corrected chi connectivity index (χ3v) is 4.53. The molecule has 0 fully saturated rings. The van der Waals surface area contributed by atoms with Gasteiger partial charge in [0.1, 0.15) is 0 Å². The lowest BCUT2D eigenvalue weighted by Gasteiger charge is -2.21. The second kappa shape index (κ2) is 12.2. The number of carbonyl (C=O) groups excluding carboxylic acids is 2. The molecule has 10 heteroatoms. The molecular weight excluding hydrogens is 329 g/mol. The fourth-order valence-corrected chi connectivity index (χ4v) is 3.22. The normalized spacial score (nSPS) is 11.0. The highest BCUT2D eigenvalue weighted by Crippen LogP contribution is 2.48. The van der Waals surface area contributed by atoms with E-state index >= 15 is 0 Å². The number of amides is 1. The molecule has 0 saturated carbocycles. The monoisotopic (exact) mass is 355 g/mol. The molecule has 0 N–H and O–H groups in total. The highest BCUT2D eigenvalue weighted by atomic mass is 31.2. The van der Waals surface area contributed by atoms with Crippen molar-refractivity contribution in [2.75, 3.05) is 39.1 Å². The molecule has 0 aliphatic rings. The first-order chi connectivity index (χ1) is 10.9. The van der Waals surface area contributed by atoms with Crippen LogP contribution in [-0.2, 0) is 27.9 Å². The predicted molar refractivity (Wildman–Crippen MR) is 82.2 cm³/mol. The van der Waals surface area contributed by atoms with Crippen LogP contribution in [0.1, 0.15) is 34.1 Å². The first kappa shape index (κ1) is 21.7. The van der Waals surface area contributed by atoms with E-state index in [1.54, 1.807) is 27.7 Å². The van der Waals surface area contributed by atoms with E-state index in [2.05, 4.69) is 4.74 Å². The Morgan fingerprint density at radius 3 is 1.96 bits per heavy atom. The Bertz CT molecular complexity index is 393. The highest BCUT2D eigenvalue weighted by Gasteiger charge is 2.26. The predicted octanol–water partition coefficient (Wildman–Crippen LogP) is 3.19. The fourth-order valence-electron chi connectivity index (χ4n) is 1.57. The summed E-state index contributed by atoms with van der Waals surface area (Å²) in [7, 11) is -3.22. The van der Waals surface area contributed by atoms with Gasteiger partial charge in [-0.25, -0.2) is 9.59 Å². The lowest BCUT2D eigenvalue weighted by Crippen LogP contribution is -2.35. The molecule has 0 saturated heterocycles. The molecule has 0 rings (SSSR count). The lowest BCUT2D eigenvalue weighted by atomic mass is 10.5. The topological polar surface area (TPSA) is 101 Å². The van der Waals surface area contributed by atoms with Crippen molar-refractivity contribution in [3.63, 3.8) is 0 Å². The van der Waals surface area contributed by atoms with Crippen LogP contribution in [0.4, 0.5) is 9.59 Å². The quantitative estimate of drug-likeness (QED) is 0.334. The van der Waals surface area contributed by atoms with Crippen LogP contribution in [0.5, 0.6) is 0 Å². The zero-order valence-electron chi connectivity index (χ0n) is 14.1. The Morgan fingerprint density at radius 2 is 1.48 bits per heavy atom. The number of nitrogens with zero attached hydrogens (tertiary/aromatic N) is 1. The van der Waals surface area contributed by atoms with Crippen LogP contribution >= 0.6 is 7.60 Å². The van der Waals surface area contributed by atoms with E-state index in [0.717, 1.165) is 5.06 Å². The van der Waals surface area contributed by atoms with Crippen molar-refractivity contribution in [2.45, 2.75) is 34.1 Å². The van der Waals surface area contributed by atoms with Crippen LogP contribution in [0.25, 0.3) is 0 Å². The molecule has 1 amide bonds. The molecule has 0 bridgehead atoms. The maximum Gasteiger partial charge on any atom is 0.533 e. The number of hydrogen-bond donors (Lipinski definition) is 0. The molecule has 9 nitrogen and oxygen atoms in total. The molecule has 23 heavy (non-hydrogen) atoms. The van der Waals surface area contributed by atoms with Gasteiger partial charge in [0.2, 0.25) is 0 Å². The molecule has 0 spiro atoms. The zero-order valence-corrected chi connectivity index (χ0v) is 15.0. The second-order valence-corrected chi connectivity index (χ2v) is 6.28. The van der Waals surface area contributed by atoms with Crippen LogP contribution in [0.15, 0.2) is 0 Å². The Hall–Kier alpha value is -1.31. The van der Waals surface area contributed by atoms with Gasteiger partial charge in [-0.05, 0) is 34.1 Å². The smallest absolute Gasteiger partial charge is 0.448 e. The Labute approximate surface area is 136 Å². The van der Waals surface area contributed by atoms with Gasteiger partial charge >= 0.3 is 19.8 Å². The highest BCUT2D eigenvalue weighted by molar-refractivity contribution is 7.53. The van der Waals surface area contributed by atoms with E-state index in [0.29, 0.717) is 0 Å². The van der Waals surface area contributed by atoms with Crippen molar-refractivity contribution in [3.05, 3.63) is 0 Å². The lowest BCUT2D eigenvalue weighted by molar-refractivity contribution is -0.109. The van der Waals surface area contributed by atoms with E-state index in [1.165, 1.54) is 0 Å². The summed E-state index contributed by atoms with van der Waals surface area (Å²) in [4.78, 5) is 27.8. The van der Waals surface area contributed by atoms with Gasteiger partial charge < -0.3 is 23.4 Å². The summed E-state index contributed by atoms with van der Waals surface area (Å²) >= 11 is 0. The van der Waals surface area contributed by atoms with E-state index in [9.17, 15) is 14.2 Å². The van der Waals surface area contributed by atoms with Gasteiger partial charge in [-0.2, -0.15) is 0 Å². The minimum atomic E-state index is -3.22. The molecule has 0 aromatic rings. The number of hydrogen-bond acceptors (Lipinski definition) is 8. The van der Waals surface area contributed by atoms with E-state index < -0.39 is 19.8 Å². The third-order valence-electron chi connectivity index (χ3n) is 2.36. The molecular formula is C13H26NO8P. The maximum absolute atomic E-state index is 12.3. The molecule has 0 radical (unpaired) electrons. The van der Waals surface area contributed by atoms with Crippen molar-refractivity contribution in [1.82, 2.24) is 5.06 Å². The van der Waals surface area contributed by atoms with E-state index in [1.807, 2.05) is 0 Å². The summed E-state index contributed by atoms with van der Waals surface area (Å²) in [5.74, 6) is 0. The van der Waals surface area contributed by atoms with Gasteiger partial charge in [-0.1, -0.05) is 0 Å². The number of hydroxylamine groups is 2. The van der Waals surface area contributed by atoms with Crippen molar-refractivity contribution in [1.29, 1.82) is 0 Å². The van der Waals surface area contributed by atoms with Crippen molar-refractivity contribution < 1.29 is 37.5 Å². The molecule has 0 aliphatic heterocycles. The standard InChI is InChI=1S/C13H26NO8P/c1-5-18-12(15)14(22-13(16)19-6-2)10-9-11-23(17,20-7-3)21-8-4/h5-11H2,1-4H3. The first-order valence-corrected chi connectivity index (χ1v) is 9.32. The van der Waals surface area contributed by atoms with Gasteiger partial charge in [0.15, 0.2) is 0 Å². The van der Waals surface area contributed by atoms with Crippen LogP contribution in [0.2, 0.25) is 0 Å². The summed E-state index contributed by atoms with van der Waals surface area (Å²) in [6, 6.07) is 0. The SMILES string of the molecule is CCOC(=O)ON(CCCP(=O)(OCC)OCC)C(=O)OCC. The van der Waals surface area contributed by atoms with Crippen LogP contribution in [0.3, 0.4) is 0 Å². The van der Waals surface area contributed by atoms with E-state index in [-0.39, 0.29) is 45.6 Å². The minimum absolute atomic E-state index is 0.0260. The molecule has 0 atom stereocenters. The summed E-state index contributed by atoms with van der Waals surface area (Å²) in [6.07, 6.45) is -1.53. The first-order valence-electron chi connectivity index (χ1n) is 7.59. The van der Waals surface area contributed by atoms with Gasteiger partial charge in [-0.3, -0.25) is 4.57 Å². The summed E-state index contributed by atoms with van der Waals surface area (Å²) in [5, 5.41) is 0.726. The average molecular weight is 355 g/mol. The summed E-state index contributed by atoms with van der Waals surface area (Å²) in [5.41, 5.74) is 0. The zero-order chi connectivity index (χ0) is 17.7. The fraction of sp³-hybridized carbons (Fsp3) is 0.846. The summed E-state index contributed by atoms with van der Waals surface area (Å²) in [6.45, 7) is 7.35. The van der Waals surface area contributed by atoms with Crippen LogP contribution < -0.4 is 0 Å². The second-order valence-electron chi connectivity index (χ2n) is 4.10. The molecule has 0 unspecified atom stereocenters. The number of ether oxygens (including phenoxy) is 2. The Balaban J connectivity index is 4.60. The third kappa shape index (κ3) is 9.43. The number of rotatable bonds is 10. The average Bonchev–Trinajstić information content (AvgIpc) is 2.47. The van der Waals surface area contributed by atoms with Crippen molar-refractivity contribution in [2.24, 2.45) is 0 Å². The molecule has 0 aliphatic carbocycles. The van der Waals surface area contributed by atoms with Gasteiger partial charge in [-0.15, -0.1) is 5.06 Å². The van der Waals surface area contributed by atoms with Crippen molar-refractivity contribution >= 4 is 19.8 Å². The summed E-state index contributed by atoms with van der Waals surface area (Å²) < 4.78 is 32.0. The van der Waals surface area contributed by atoms with Gasteiger partial charge in [0, 0.05) is 0 Å².